The number of nitrogens with zero attached hydrogens (tertiary/aromatic N) is 22. The van der Waals surface area contributed by atoms with Crippen LogP contribution in [-0.4, -0.2) is 161 Å². The van der Waals surface area contributed by atoms with E-state index in [0.717, 1.165) is 79.1 Å². The first-order valence-corrected chi connectivity index (χ1v) is 36.6. The Kier molecular flexibility index (Phi) is 18.7. The third-order valence-corrected chi connectivity index (χ3v) is 23.0. The predicted molar refractivity (Wildman–Crippen MR) is 431 cm³/mol. The molecule has 8 aliphatic rings. The molecular formula is C82H98N22. The molecule has 0 spiro atoms. The summed E-state index contributed by atoms with van der Waals surface area (Å²) < 4.78 is 0. The summed E-state index contributed by atoms with van der Waals surface area (Å²) in [5, 5.41) is 0. The standard InChI is InChI=1S/C25H28N4.C22H24N6.C20H26N4.C15H20N8/c1-19-26(3)22-13-7-8-14-23(22)27(19)17-18-28-20(2)29(21-11-5-4-6-12-21)25-16-10-9-15-24(25)28;1-16-25(3)21-19(11-7-13-23-21)26(16)15-27-17(2)28(18-9-5-4-6-10-18)22-20(27)12-8-14-24-22;1-15-21(3)17-9-5-7-11-19(17)23(15)13-14-24-16(2)22(4)18-10-6-8-12-20(18)24;1-10-20(3)12-14(18-7-5-16-12)22(10)9-23-11(2)21(4)13-15(23)19-8-6-17-13/h4-16,19-20H,17-18H2,1-3H3;4-14,16-17H,15H2,1-3H3;5-12,15-16H,13-14H2,1-4H3;5-8,10-11H,9H2,1-4H3/t19-,20-;16-,17-;15-,16+;10-,11+/m00../s1. The van der Waals surface area contributed by atoms with Gasteiger partial charge in [0.2, 0.25) is 0 Å². The van der Waals surface area contributed by atoms with Crippen LogP contribution in [0.15, 0.2) is 219 Å². The number of aromatic nitrogens is 6. The van der Waals surface area contributed by atoms with Crippen molar-refractivity contribution in [2.75, 3.05) is 160 Å². The average Bonchev–Trinajstić information content (AvgIpc) is 1.60. The molecule has 0 radical (unpaired) electrons. The van der Waals surface area contributed by atoms with Crippen LogP contribution < -0.4 is 78.4 Å². The van der Waals surface area contributed by atoms with Gasteiger partial charge >= 0.3 is 0 Å². The van der Waals surface area contributed by atoms with E-state index in [4.69, 9.17) is 4.98 Å². The lowest BCUT2D eigenvalue weighted by Crippen LogP contribution is -2.49. The second-order valence-electron chi connectivity index (χ2n) is 28.1. The van der Waals surface area contributed by atoms with Crippen LogP contribution in [0, 0.1) is 0 Å². The van der Waals surface area contributed by atoms with E-state index in [9.17, 15) is 0 Å². The molecule has 22 nitrogen and oxygen atoms in total. The normalized spacial score (nSPS) is 21.3. The fourth-order valence-electron chi connectivity index (χ4n) is 16.4. The molecule has 0 amide bonds. The van der Waals surface area contributed by atoms with Gasteiger partial charge in [-0.05, 0) is 152 Å². The average molecular weight is 1390 g/mol. The molecule has 104 heavy (non-hydrogen) atoms. The summed E-state index contributed by atoms with van der Waals surface area (Å²) in [6.45, 7) is 23.4. The summed E-state index contributed by atoms with van der Waals surface area (Å²) in [5.74, 6) is 5.70. The molecule has 0 aliphatic carbocycles. The number of para-hydroxylation sites is 10. The Labute approximate surface area is 614 Å². The molecule has 0 bridgehead atoms. The van der Waals surface area contributed by atoms with E-state index in [2.05, 4.69) is 351 Å². The van der Waals surface area contributed by atoms with E-state index in [1.165, 1.54) is 56.9 Å². The van der Waals surface area contributed by atoms with Crippen molar-refractivity contribution in [2.24, 2.45) is 0 Å². The van der Waals surface area contributed by atoms with Gasteiger partial charge in [0, 0.05) is 117 Å². The van der Waals surface area contributed by atoms with Gasteiger partial charge < -0.3 is 78.4 Å². The maximum Gasteiger partial charge on any atom is 0.175 e. The number of benzene rings is 6. The van der Waals surface area contributed by atoms with Crippen molar-refractivity contribution in [3.63, 3.8) is 0 Å². The van der Waals surface area contributed by atoms with Crippen LogP contribution in [0.1, 0.15) is 55.4 Å². The SMILES string of the molecule is C[C@@H]1N(C)c2ccccc2N1CCN1c2ccccc2N(C)[C@@H]1C.C[C@@H]1N(C)c2nccnc2N1CN1c2nccnc2N(C)[C@@H]1C.C[C@H]1N(C)c2ccccc2N1CCN1c2ccccc2N(c2ccccc2)[C@H]1C.C[C@H]1N(C)c2ncccc2N1CN1c2cccnc2N(c2ccccc2)[C@H]1C. The van der Waals surface area contributed by atoms with Gasteiger partial charge in [-0.15, -0.1) is 0 Å². The lowest BCUT2D eigenvalue weighted by atomic mass is 10.2. The third-order valence-electron chi connectivity index (χ3n) is 23.0. The maximum atomic E-state index is 4.71. The first-order valence-electron chi connectivity index (χ1n) is 36.6. The van der Waals surface area contributed by atoms with Gasteiger partial charge in [-0.1, -0.05) is 84.9 Å². The highest BCUT2D eigenvalue weighted by Crippen LogP contribution is 2.48. The summed E-state index contributed by atoms with van der Waals surface area (Å²) >= 11 is 0. The van der Waals surface area contributed by atoms with Crippen LogP contribution in [-0.2, 0) is 0 Å². The summed E-state index contributed by atoms with van der Waals surface area (Å²) in [6.07, 6.45) is 12.9. The summed E-state index contributed by atoms with van der Waals surface area (Å²) in [7, 11) is 12.8. The minimum atomic E-state index is 0.158. The number of fused-ring (bicyclic) bond motifs is 8. The van der Waals surface area contributed by atoms with E-state index in [-0.39, 0.29) is 30.8 Å². The number of hydrogen-bond acceptors (Lipinski definition) is 22. The number of anilines is 18. The molecular weight excluding hydrogens is 1290 g/mol. The molecule has 0 saturated carbocycles. The predicted octanol–water partition coefficient (Wildman–Crippen LogP) is 14.1. The molecule has 0 saturated heterocycles. The van der Waals surface area contributed by atoms with Gasteiger partial charge in [0.1, 0.15) is 30.8 Å². The molecule has 0 unspecified atom stereocenters. The summed E-state index contributed by atoms with van der Waals surface area (Å²) in [4.78, 5) is 65.1. The molecule has 0 fully saturated rings. The van der Waals surface area contributed by atoms with Crippen LogP contribution in [0.3, 0.4) is 0 Å². The molecule has 12 heterocycles. The van der Waals surface area contributed by atoms with E-state index in [0.29, 0.717) is 25.2 Å². The van der Waals surface area contributed by atoms with Gasteiger partial charge in [-0.2, -0.15) is 0 Å². The molecule has 6 aromatic carbocycles. The second kappa shape index (κ2) is 28.4. The zero-order valence-electron chi connectivity index (χ0n) is 62.5. The molecule has 0 N–H and O–H groups in total. The van der Waals surface area contributed by atoms with Crippen molar-refractivity contribution < 1.29 is 0 Å². The molecule has 8 aliphatic heterocycles. The van der Waals surface area contributed by atoms with Crippen LogP contribution in [0.2, 0.25) is 0 Å². The highest BCUT2D eigenvalue weighted by atomic mass is 15.6. The molecule has 18 rings (SSSR count). The van der Waals surface area contributed by atoms with Crippen molar-refractivity contribution in [1.82, 2.24) is 29.9 Å². The van der Waals surface area contributed by atoms with Crippen molar-refractivity contribution >= 4 is 103 Å². The molecule has 4 aromatic heterocycles. The molecule has 10 aromatic rings. The topological polar surface area (TPSA) is 129 Å². The van der Waals surface area contributed by atoms with Gasteiger partial charge in [-0.3, -0.25) is 0 Å². The Morgan fingerprint density at radius 2 is 0.481 bits per heavy atom. The number of pyridine rings is 2. The Morgan fingerprint density at radius 3 is 0.913 bits per heavy atom. The van der Waals surface area contributed by atoms with Gasteiger partial charge in [0.25, 0.3) is 0 Å². The minimum Gasteiger partial charge on any atom is -0.353 e. The number of rotatable bonds is 12. The zero-order chi connectivity index (χ0) is 72.2. The fraction of sp³-hybridized carbons (Fsp3) is 0.341. The fourth-order valence-corrected chi connectivity index (χ4v) is 16.4. The quantitative estimate of drug-likeness (QED) is 0.115. The van der Waals surface area contributed by atoms with Crippen molar-refractivity contribution in [3.05, 3.63) is 219 Å². The molecule has 536 valence electrons. The van der Waals surface area contributed by atoms with Crippen LogP contribution >= 0.6 is 0 Å². The highest BCUT2D eigenvalue weighted by Gasteiger charge is 2.43. The largest absolute Gasteiger partial charge is 0.353 e. The summed E-state index contributed by atoms with van der Waals surface area (Å²) in [5.41, 5.74) is 15.4. The van der Waals surface area contributed by atoms with E-state index in [1.54, 1.807) is 24.8 Å². The van der Waals surface area contributed by atoms with E-state index in [1.807, 2.05) is 44.7 Å². The maximum absolute atomic E-state index is 4.71. The summed E-state index contributed by atoms with van der Waals surface area (Å²) in [6, 6.07) is 64.5. The second-order valence-corrected chi connectivity index (χ2v) is 28.1. The van der Waals surface area contributed by atoms with Gasteiger partial charge in [-0.25, -0.2) is 29.9 Å². The lowest BCUT2D eigenvalue weighted by Gasteiger charge is -2.36. The van der Waals surface area contributed by atoms with Crippen molar-refractivity contribution in [2.45, 2.75) is 105 Å². The van der Waals surface area contributed by atoms with Crippen LogP contribution in [0.4, 0.5) is 103 Å². The van der Waals surface area contributed by atoms with E-state index >= 15 is 0 Å². The lowest BCUT2D eigenvalue weighted by molar-refractivity contribution is 0.586. The number of hydrogen-bond donors (Lipinski definition) is 0. The zero-order valence-corrected chi connectivity index (χ0v) is 62.5. The first-order chi connectivity index (χ1) is 50.5. The Morgan fingerprint density at radius 1 is 0.212 bits per heavy atom. The van der Waals surface area contributed by atoms with E-state index < -0.39 is 0 Å². The monoisotopic (exact) mass is 1390 g/mol. The smallest absolute Gasteiger partial charge is 0.175 e. The molecule has 22 heteroatoms. The highest BCUT2D eigenvalue weighted by molar-refractivity contribution is 5.86. The Bertz CT molecular complexity index is 4500. The van der Waals surface area contributed by atoms with Crippen molar-refractivity contribution in [1.29, 1.82) is 0 Å². The van der Waals surface area contributed by atoms with Crippen LogP contribution in [0.25, 0.3) is 0 Å². The Balaban J connectivity index is 0.000000112. The third kappa shape index (κ3) is 12.0. The van der Waals surface area contributed by atoms with Gasteiger partial charge in [0.05, 0.1) is 88.7 Å². The Hall–Kier alpha value is -11.4. The van der Waals surface area contributed by atoms with Crippen LogP contribution in [0.5, 0.6) is 0 Å². The minimum absolute atomic E-state index is 0.158. The molecule has 8 atom stereocenters. The van der Waals surface area contributed by atoms with Gasteiger partial charge in [0.15, 0.2) is 34.9 Å². The first kappa shape index (κ1) is 68.4. The van der Waals surface area contributed by atoms with Crippen molar-refractivity contribution in [3.8, 4) is 0 Å².